The SMILES string of the molecule is CCC1COCCN1c1cc2c(cc1Cl)C(=O)C(=O)N2. The predicted molar refractivity (Wildman–Crippen MR) is 76.7 cm³/mol. The Balaban J connectivity index is 2.01. The van der Waals surface area contributed by atoms with Crippen LogP contribution in [0.25, 0.3) is 0 Å². The quantitative estimate of drug-likeness (QED) is 0.849. The molecule has 1 aromatic carbocycles. The van der Waals surface area contributed by atoms with E-state index >= 15 is 0 Å². The average molecular weight is 295 g/mol. The van der Waals surface area contributed by atoms with Gasteiger partial charge < -0.3 is 15.0 Å². The molecular weight excluding hydrogens is 280 g/mol. The minimum absolute atomic E-state index is 0.257. The number of carbonyl (C=O) groups excluding carboxylic acids is 2. The van der Waals surface area contributed by atoms with E-state index < -0.39 is 11.7 Å². The lowest BCUT2D eigenvalue weighted by atomic mass is 10.1. The zero-order valence-electron chi connectivity index (χ0n) is 11.1. The van der Waals surface area contributed by atoms with Crippen LogP contribution < -0.4 is 10.2 Å². The molecule has 20 heavy (non-hydrogen) atoms. The number of ketones is 1. The van der Waals surface area contributed by atoms with Gasteiger partial charge in [-0.3, -0.25) is 9.59 Å². The zero-order chi connectivity index (χ0) is 14.3. The number of anilines is 2. The zero-order valence-corrected chi connectivity index (χ0v) is 11.9. The lowest BCUT2D eigenvalue weighted by Crippen LogP contribution is -2.45. The molecule has 1 fully saturated rings. The topological polar surface area (TPSA) is 58.6 Å². The Morgan fingerprint density at radius 3 is 3.00 bits per heavy atom. The second-order valence-corrected chi connectivity index (χ2v) is 5.37. The molecule has 106 valence electrons. The smallest absolute Gasteiger partial charge is 0.296 e. The average Bonchev–Trinajstić information content (AvgIpc) is 2.73. The van der Waals surface area contributed by atoms with Crippen LogP contribution in [0.4, 0.5) is 11.4 Å². The van der Waals surface area contributed by atoms with Gasteiger partial charge in [-0.2, -0.15) is 0 Å². The maximum atomic E-state index is 11.7. The van der Waals surface area contributed by atoms with E-state index in [4.69, 9.17) is 16.3 Å². The van der Waals surface area contributed by atoms with Gasteiger partial charge in [0.1, 0.15) is 0 Å². The van der Waals surface area contributed by atoms with Crippen LogP contribution >= 0.6 is 11.6 Å². The highest BCUT2D eigenvalue weighted by molar-refractivity contribution is 6.52. The van der Waals surface area contributed by atoms with Gasteiger partial charge in [0.25, 0.3) is 11.7 Å². The Kier molecular flexibility index (Phi) is 3.40. The van der Waals surface area contributed by atoms with Gasteiger partial charge in [-0.05, 0) is 18.6 Å². The Labute approximate surface area is 121 Å². The van der Waals surface area contributed by atoms with Gasteiger partial charge in [-0.1, -0.05) is 18.5 Å². The number of ether oxygens (including phenoxy) is 1. The minimum atomic E-state index is -0.595. The lowest BCUT2D eigenvalue weighted by molar-refractivity contribution is -0.112. The Bertz CT molecular complexity index is 588. The molecule has 1 amide bonds. The highest BCUT2D eigenvalue weighted by Crippen LogP contribution is 2.36. The second-order valence-electron chi connectivity index (χ2n) is 4.96. The van der Waals surface area contributed by atoms with Crippen LogP contribution in [0, 0.1) is 0 Å². The molecule has 0 aromatic heterocycles. The summed E-state index contributed by atoms with van der Waals surface area (Å²) in [5, 5.41) is 3.08. The number of halogens is 1. The molecule has 1 aromatic rings. The van der Waals surface area contributed by atoms with Crippen LogP contribution in [0.2, 0.25) is 5.02 Å². The number of hydrogen-bond acceptors (Lipinski definition) is 4. The molecule has 6 heteroatoms. The summed E-state index contributed by atoms with van der Waals surface area (Å²) < 4.78 is 5.48. The first kappa shape index (κ1) is 13.4. The molecule has 1 saturated heterocycles. The Morgan fingerprint density at radius 1 is 1.45 bits per heavy atom. The van der Waals surface area contributed by atoms with Gasteiger partial charge in [0.05, 0.1) is 41.2 Å². The molecule has 0 bridgehead atoms. The third-order valence-corrected chi connectivity index (χ3v) is 4.10. The number of morpholine rings is 1. The molecule has 1 N–H and O–H groups in total. The van der Waals surface area contributed by atoms with E-state index in [1.807, 2.05) is 0 Å². The van der Waals surface area contributed by atoms with Crippen LogP contribution in [-0.2, 0) is 9.53 Å². The molecule has 0 aliphatic carbocycles. The van der Waals surface area contributed by atoms with E-state index in [2.05, 4.69) is 17.1 Å². The first-order valence-electron chi connectivity index (χ1n) is 6.65. The maximum Gasteiger partial charge on any atom is 0.296 e. The summed E-state index contributed by atoms with van der Waals surface area (Å²) in [5.74, 6) is -1.12. The van der Waals surface area contributed by atoms with Crippen molar-refractivity contribution in [3.63, 3.8) is 0 Å². The fourth-order valence-electron chi connectivity index (χ4n) is 2.68. The summed E-state index contributed by atoms with van der Waals surface area (Å²) in [6.45, 7) is 4.15. The highest BCUT2D eigenvalue weighted by Gasteiger charge is 2.31. The van der Waals surface area contributed by atoms with Crippen LogP contribution in [0.1, 0.15) is 23.7 Å². The van der Waals surface area contributed by atoms with Crippen molar-refractivity contribution in [2.45, 2.75) is 19.4 Å². The van der Waals surface area contributed by atoms with Crippen molar-refractivity contribution in [2.75, 3.05) is 30.0 Å². The third kappa shape index (κ3) is 2.07. The van der Waals surface area contributed by atoms with Crippen molar-refractivity contribution >= 4 is 34.7 Å². The number of Topliss-reactive ketones (excluding diaryl/α,β-unsaturated/α-hetero) is 1. The van der Waals surface area contributed by atoms with Gasteiger partial charge in [-0.15, -0.1) is 0 Å². The molecule has 2 aliphatic rings. The number of nitrogens with one attached hydrogen (secondary N) is 1. The number of amides is 1. The number of fused-ring (bicyclic) bond motifs is 1. The predicted octanol–water partition coefficient (Wildman–Crippen LogP) is 2.09. The van der Waals surface area contributed by atoms with Crippen LogP contribution in [0.3, 0.4) is 0 Å². The van der Waals surface area contributed by atoms with Crippen molar-refractivity contribution in [3.8, 4) is 0 Å². The number of rotatable bonds is 2. The fraction of sp³-hybridized carbons (Fsp3) is 0.429. The van der Waals surface area contributed by atoms with E-state index in [1.54, 1.807) is 12.1 Å². The Morgan fingerprint density at radius 2 is 2.25 bits per heavy atom. The number of carbonyl (C=O) groups is 2. The van der Waals surface area contributed by atoms with Crippen molar-refractivity contribution in [3.05, 3.63) is 22.7 Å². The molecule has 1 unspecified atom stereocenters. The van der Waals surface area contributed by atoms with Crippen molar-refractivity contribution in [1.29, 1.82) is 0 Å². The van der Waals surface area contributed by atoms with Crippen molar-refractivity contribution in [1.82, 2.24) is 0 Å². The summed E-state index contributed by atoms with van der Waals surface area (Å²) in [6, 6.07) is 3.62. The molecular formula is C14H15ClN2O3. The highest BCUT2D eigenvalue weighted by atomic mass is 35.5. The van der Waals surface area contributed by atoms with E-state index in [0.29, 0.717) is 29.5 Å². The van der Waals surface area contributed by atoms with Gasteiger partial charge >= 0.3 is 0 Å². The Hall–Kier alpha value is -1.59. The first-order valence-corrected chi connectivity index (χ1v) is 7.03. The number of benzene rings is 1. The van der Waals surface area contributed by atoms with E-state index in [-0.39, 0.29) is 6.04 Å². The second kappa shape index (κ2) is 5.07. The maximum absolute atomic E-state index is 11.7. The molecule has 3 rings (SSSR count). The molecule has 1 atom stereocenters. The largest absolute Gasteiger partial charge is 0.377 e. The van der Waals surface area contributed by atoms with Gasteiger partial charge in [0.2, 0.25) is 0 Å². The third-order valence-electron chi connectivity index (χ3n) is 3.79. The summed E-state index contributed by atoms with van der Waals surface area (Å²) >= 11 is 6.30. The normalized spacial score (nSPS) is 21.9. The molecule has 0 saturated carbocycles. The van der Waals surface area contributed by atoms with Gasteiger partial charge in [0, 0.05) is 6.54 Å². The van der Waals surface area contributed by atoms with Crippen LogP contribution in [-0.4, -0.2) is 37.5 Å². The monoisotopic (exact) mass is 294 g/mol. The van der Waals surface area contributed by atoms with E-state index in [9.17, 15) is 9.59 Å². The van der Waals surface area contributed by atoms with Crippen molar-refractivity contribution in [2.24, 2.45) is 0 Å². The van der Waals surface area contributed by atoms with Crippen LogP contribution in [0.15, 0.2) is 12.1 Å². The molecule has 0 spiro atoms. The summed E-state index contributed by atoms with van der Waals surface area (Å²) in [7, 11) is 0. The van der Waals surface area contributed by atoms with Crippen molar-refractivity contribution < 1.29 is 14.3 Å². The number of hydrogen-bond donors (Lipinski definition) is 1. The van der Waals surface area contributed by atoms with Gasteiger partial charge in [0.15, 0.2) is 0 Å². The van der Waals surface area contributed by atoms with E-state index in [0.717, 1.165) is 18.7 Å². The standard InChI is InChI=1S/C14H15ClN2O3/c1-2-8-7-20-4-3-17(8)12-6-11-9(5-10(12)15)13(18)14(19)16-11/h5-6,8H,2-4,7H2,1H3,(H,16,18,19). The minimum Gasteiger partial charge on any atom is -0.377 e. The summed E-state index contributed by atoms with van der Waals surface area (Å²) in [4.78, 5) is 25.2. The molecule has 0 radical (unpaired) electrons. The molecule has 5 nitrogen and oxygen atoms in total. The van der Waals surface area contributed by atoms with E-state index in [1.165, 1.54) is 0 Å². The fourth-order valence-corrected chi connectivity index (χ4v) is 2.96. The first-order chi connectivity index (χ1) is 9.61. The molecule has 2 aliphatic heterocycles. The van der Waals surface area contributed by atoms with Crippen LogP contribution in [0.5, 0.6) is 0 Å². The number of nitrogens with zero attached hydrogens (tertiary/aromatic N) is 1. The molecule has 2 heterocycles. The van der Waals surface area contributed by atoms with Gasteiger partial charge in [-0.25, -0.2) is 0 Å². The summed E-state index contributed by atoms with van der Waals surface area (Å²) in [6.07, 6.45) is 0.943. The lowest BCUT2D eigenvalue weighted by Gasteiger charge is -2.37. The summed E-state index contributed by atoms with van der Waals surface area (Å²) in [5.41, 5.74) is 1.74.